The second-order valence-corrected chi connectivity index (χ2v) is 20.1. The Hall–Kier alpha value is -7.76. The Morgan fingerprint density at radius 2 is 0.618 bits per heavy atom. The maximum atomic E-state index is 2.50. The van der Waals surface area contributed by atoms with E-state index < -0.39 is 0 Å². The van der Waals surface area contributed by atoms with Crippen LogP contribution in [0.15, 0.2) is 218 Å². The lowest BCUT2D eigenvalue weighted by atomic mass is 9.93. The van der Waals surface area contributed by atoms with Gasteiger partial charge in [0.1, 0.15) is 0 Å². The summed E-state index contributed by atoms with van der Waals surface area (Å²) in [5.41, 5.74) is 19.0. The molecule has 0 saturated carbocycles. The summed E-state index contributed by atoms with van der Waals surface area (Å²) in [6.07, 6.45) is 0. The lowest BCUT2D eigenvalue weighted by molar-refractivity contribution is 1.21. The predicted octanol–water partition coefficient (Wildman–Crippen LogP) is 19.6. The minimum absolute atomic E-state index is 1.14. The average molecular weight is 909 g/mol. The number of anilines is 6. The van der Waals surface area contributed by atoms with Gasteiger partial charge < -0.3 is 9.80 Å². The number of hydrogen-bond donors (Lipinski definition) is 0. The first-order valence-corrected chi connectivity index (χ1v) is 25.0. The van der Waals surface area contributed by atoms with Gasteiger partial charge in [-0.3, -0.25) is 0 Å². The third-order valence-electron chi connectivity index (χ3n) is 13.5. The summed E-state index contributed by atoms with van der Waals surface area (Å²) in [6, 6.07) is 80.4. The fourth-order valence-corrected chi connectivity index (χ4v) is 12.7. The normalized spacial score (nSPS) is 11.5. The van der Waals surface area contributed by atoms with Gasteiger partial charge in [-0.25, -0.2) is 0 Å². The van der Waals surface area contributed by atoms with E-state index in [1.54, 1.807) is 0 Å². The number of fused-ring (bicyclic) bond motifs is 6. The lowest BCUT2D eigenvalue weighted by Crippen LogP contribution is -2.14. The second kappa shape index (κ2) is 17.2. The molecule has 12 rings (SSSR count). The zero-order valence-electron chi connectivity index (χ0n) is 38.5. The zero-order chi connectivity index (χ0) is 45.9. The maximum absolute atomic E-state index is 2.50. The monoisotopic (exact) mass is 908 g/mol. The van der Waals surface area contributed by atoms with Gasteiger partial charge in [0.25, 0.3) is 0 Å². The van der Waals surface area contributed by atoms with Gasteiger partial charge in [-0.05, 0) is 157 Å². The number of para-hydroxylation sites is 2. The standard InChI is InChI=1S/C64H48N2S2/c1-41-35-47(36-42(2)63(41)65(57-27-15-11-23-51(57)45-19-7-5-8-20-45)49-31-33-61-55(39-49)53-25-13-17-29-59(53)67-61)48-37-43(3)64(44(4)38-48)66(58-28-16-12-24-52(58)46-21-9-6-10-22-46)50-32-34-62-56(40-50)54-26-14-18-30-60(54)68-62/h5-40H,1-4H3. The Bertz CT molecular complexity index is 3560. The van der Waals surface area contributed by atoms with Crippen molar-refractivity contribution < 1.29 is 0 Å². The van der Waals surface area contributed by atoms with Crippen molar-refractivity contribution in [1.29, 1.82) is 0 Å². The molecule has 4 heteroatoms. The molecule has 0 atom stereocenters. The molecule has 2 aromatic heterocycles. The van der Waals surface area contributed by atoms with E-state index >= 15 is 0 Å². The molecule has 12 aromatic rings. The highest BCUT2D eigenvalue weighted by Crippen LogP contribution is 2.49. The number of thiophene rings is 2. The zero-order valence-corrected chi connectivity index (χ0v) is 40.1. The van der Waals surface area contributed by atoms with E-state index in [1.807, 2.05) is 22.7 Å². The van der Waals surface area contributed by atoms with E-state index in [-0.39, 0.29) is 0 Å². The van der Waals surface area contributed by atoms with Crippen LogP contribution in [0, 0.1) is 27.7 Å². The van der Waals surface area contributed by atoms with Gasteiger partial charge in [-0.15, -0.1) is 22.7 Å². The quantitative estimate of drug-likeness (QED) is 0.142. The molecule has 0 aliphatic rings. The van der Waals surface area contributed by atoms with E-state index in [2.05, 4.69) is 256 Å². The van der Waals surface area contributed by atoms with Gasteiger partial charge in [0.2, 0.25) is 0 Å². The molecule has 68 heavy (non-hydrogen) atoms. The van der Waals surface area contributed by atoms with Crippen LogP contribution in [0.5, 0.6) is 0 Å². The molecule has 2 heterocycles. The smallest absolute Gasteiger partial charge is 0.0540 e. The molecule has 0 unspecified atom stereocenters. The van der Waals surface area contributed by atoms with Crippen molar-refractivity contribution in [1.82, 2.24) is 0 Å². The predicted molar refractivity (Wildman–Crippen MR) is 297 cm³/mol. The van der Waals surface area contributed by atoms with Crippen LogP contribution in [0.4, 0.5) is 34.1 Å². The van der Waals surface area contributed by atoms with E-state index in [1.165, 1.54) is 107 Å². The van der Waals surface area contributed by atoms with Crippen molar-refractivity contribution in [2.75, 3.05) is 9.80 Å². The third kappa shape index (κ3) is 7.25. The Morgan fingerprint density at radius 1 is 0.279 bits per heavy atom. The van der Waals surface area contributed by atoms with Crippen molar-refractivity contribution in [2.24, 2.45) is 0 Å². The van der Waals surface area contributed by atoms with E-state index in [9.17, 15) is 0 Å². The molecule has 0 saturated heterocycles. The summed E-state index contributed by atoms with van der Waals surface area (Å²) in [7, 11) is 0. The number of benzene rings is 10. The minimum Gasteiger partial charge on any atom is -0.309 e. The molecule has 10 aromatic carbocycles. The van der Waals surface area contributed by atoms with Crippen LogP contribution < -0.4 is 9.80 Å². The van der Waals surface area contributed by atoms with Crippen molar-refractivity contribution in [3.63, 3.8) is 0 Å². The number of rotatable bonds is 9. The van der Waals surface area contributed by atoms with Crippen LogP contribution in [-0.4, -0.2) is 0 Å². The van der Waals surface area contributed by atoms with Crippen LogP contribution in [0.3, 0.4) is 0 Å². The van der Waals surface area contributed by atoms with Crippen molar-refractivity contribution in [3.05, 3.63) is 241 Å². The minimum atomic E-state index is 1.14. The highest BCUT2D eigenvalue weighted by molar-refractivity contribution is 7.26. The van der Waals surface area contributed by atoms with Gasteiger partial charge >= 0.3 is 0 Å². The number of aryl methyl sites for hydroxylation is 4. The summed E-state index contributed by atoms with van der Waals surface area (Å²) in [6.45, 7) is 9.12. The maximum Gasteiger partial charge on any atom is 0.0540 e. The molecule has 0 aliphatic heterocycles. The van der Waals surface area contributed by atoms with Gasteiger partial charge in [0, 0.05) is 62.8 Å². The average Bonchev–Trinajstić information content (AvgIpc) is 3.94. The molecule has 0 radical (unpaired) electrons. The summed E-state index contributed by atoms with van der Waals surface area (Å²) >= 11 is 3.72. The highest BCUT2D eigenvalue weighted by atomic mass is 32.1. The number of nitrogens with zero attached hydrogens (tertiary/aromatic N) is 2. The molecule has 326 valence electrons. The van der Waals surface area contributed by atoms with E-state index in [0.717, 1.165) is 22.7 Å². The van der Waals surface area contributed by atoms with Gasteiger partial charge in [0.15, 0.2) is 0 Å². The van der Waals surface area contributed by atoms with Gasteiger partial charge in [-0.1, -0.05) is 133 Å². The lowest BCUT2D eigenvalue weighted by Gasteiger charge is -2.32. The molecule has 0 spiro atoms. The Labute approximate surface area is 406 Å². The van der Waals surface area contributed by atoms with Gasteiger partial charge in [0.05, 0.1) is 22.7 Å². The van der Waals surface area contributed by atoms with Crippen LogP contribution in [-0.2, 0) is 0 Å². The first-order valence-electron chi connectivity index (χ1n) is 23.3. The summed E-state index contributed by atoms with van der Waals surface area (Å²) in [5, 5.41) is 5.16. The highest BCUT2D eigenvalue weighted by Gasteiger charge is 2.25. The van der Waals surface area contributed by atoms with Crippen LogP contribution in [0.25, 0.3) is 73.7 Å². The summed E-state index contributed by atoms with van der Waals surface area (Å²) < 4.78 is 5.22. The number of hydrogen-bond acceptors (Lipinski definition) is 4. The molecule has 0 aliphatic carbocycles. The van der Waals surface area contributed by atoms with Crippen molar-refractivity contribution in [2.45, 2.75) is 27.7 Å². The molecule has 0 bridgehead atoms. The van der Waals surface area contributed by atoms with Gasteiger partial charge in [-0.2, -0.15) is 0 Å². The molecular weight excluding hydrogens is 861 g/mol. The largest absolute Gasteiger partial charge is 0.309 e. The third-order valence-corrected chi connectivity index (χ3v) is 15.8. The van der Waals surface area contributed by atoms with Crippen LogP contribution in [0.2, 0.25) is 0 Å². The van der Waals surface area contributed by atoms with E-state index in [4.69, 9.17) is 0 Å². The molecule has 0 amide bonds. The second-order valence-electron chi connectivity index (χ2n) is 17.9. The van der Waals surface area contributed by atoms with Crippen molar-refractivity contribution in [3.8, 4) is 33.4 Å². The Balaban J connectivity index is 1.01. The fourth-order valence-electron chi connectivity index (χ4n) is 10.5. The van der Waals surface area contributed by atoms with Crippen molar-refractivity contribution >= 4 is 97.1 Å². The molecule has 2 nitrogen and oxygen atoms in total. The first kappa shape index (κ1) is 41.7. The molecular formula is C64H48N2S2. The molecule has 0 fully saturated rings. The Kier molecular flexibility index (Phi) is 10.5. The van der Waals surface area contributed by atoms with E-state index in [0.29, 0.717) is 0 Å². The SMILES string of the molecule is Cc1cc(-c2cc(C)c(N(c3ccc4sc5ccccc5c4c3)c3ccccc3-c3ccccc3)c(C)c2)cc(C)c1N(c1ccc2sc3ccccc3c2c1)c1ccccc1-c1ccccc1. The summed E-state index contributed by atoms with van der Waals surface area (Å²) in [4.78, 5) is 5.00. The molecule has 0 N–H and O–H groups in total. The summed E-state index contributed by atoms with van der Waals surface area (Å²) in [5.74, 6) is 0. The topological polar surface area (TPSA) is 6.48 Å². The van der Waals surface area contributed by atoms with Crippen LogP contribution >= 0.6 is 22.7 Å². The first-order chi connectivity index (χ1) is 33.4. The van der Waals surface area contributed by atoms with Crippen LogP contribution in [0.1, 0.15) is 22.3 Å². The fraction of sp³-hybridized carbons (Fsp3) is 0.0625. The Morgan fingerprint density at radius 3 is 1.03 bits per heavy atom.